The second-order valence-electron chi connectivity index (χ2n) is 7.02. The van der Waals surface area contributed by atoms with Gasteiger partial charge in [0.15, 0.2) is 0 Å². The molecular formula is C23H20Cl3N5OS. The SMILES string of the molecule is Clc1ccc(OCc2ccc(Cl)c(Cl)c2)c(CNCCSc2nnnn2-c2ccccc2)c1. The van der Waals surface area contributed by atoms with Crippen molar-refractivity contribution in [1.29, 1.82) is 0 Å². The summed E-state index contributed by atoms with van der Waals surface area (Å²) in [5, 5.41) is 17.9. The molecule has 10 heteroatoms. The lowest BCUT2D eigenvalue weighted by Gasteiger charge is -2.13. The Morgan fingerprint density at radius 2 is 1.79 bits per heavy atom. The molecule has 0 amide bonds. The highest BCUT2D eigenvalue weighted by Gasteiger charge is 2.09. The van der Waals surface area contributed by atoms with Crippen LogP contribution in [0.3, 0.4) is 0 Å². The number of hydrogen-bond acceptors (Lipinski definition) is 6. The van der Waals surface area contributed by atoms with Gasteiger partial charge in [-0.05, 0) is 58.5 Å². The van der Waals surface area contributed by atoms with E-state index in [4.69, 9.17) is 39.5 Å². The monoisotopic (exact) mass is 519 g/mol. The van der Waals surface area contributed by atoms with Gasteiger partial charge in [-0.15, -0.1) is 5.10 Å². The molecule has 4 aromatic rings. The number of nitrogens with zero attached hydrogens (tertiary/aromatic N) is 4. The summed E-state index contributed by atoms with van der Waals surface area (Å²) in [5.74, 6) is 1.56. The zero-order chi connectivity index (χ0) is 23.0. The number of hydrogen-bond donors (Lipinski definition) is 1. The van der Waals surface area contributed by atoms with Crippen molar-refractivity contribution in [2.24, 2.45) is 0 Å². The highest BCUT2D eigenvalue weighted by Crippen LogP contribution is 2.26. The molecule has 0 aliphatic rings. The summed E-state index contributed by atoms with van der Waals surface area (Å²) >= 11 is 19.9. The van der Waals surface area contributed by atoms with E-state index in [0.29, 0.717) is 28.2 Å². The lowest BCUT2D eigenvalue weighted by atomic mass is 10.2. The molecule has 1 aromatic heterocycles. The third-order valence-corrected chi connectivity index (χ3v) is 6.56. The van der Waals surface area contributed by atoms with E-state index in [0.717, 1.165) is 40.0 Å². The molecule has 0 saturated heterocycles. The first-order valence-corrected chi connectivity index (χ1v) is 12.2. The number of para-hydroxylation sites is 1. The first-order chi connectivity index (χ1) is 16.1. The number of rotatable bonds is 10. The van der Waals surface area contributed by atoms with Gasteiger partial charge in [0, 0.05) is 29.4 Å². The number of aromatic nitrogens is 4. The van der Waals surface area contributed by atoms with Gasteiger partial charge in [0.05, 0.1) is 15.7 Å². The van der Waals surface area contributed by atoms with E-state index in [-0.39, 0.29) is 0 Å². The number of ether oxygens (including phenoxy) is 1. The minimum absolute atomic E-state index is 0.378. The van der Waals surface area contributed by atoms with E-state index < -0.39 is 0 Å². The van der Waals surface area contributed by atoms with Crippen LogP contribution in [0.15, 0.2) is 71.9 Å². The van der Waals surface area contributed by atoms with Crippen LogP contribution < -0.4 is 10.1 Å². The highest BCUT2D eigenvalue weighted by molar-refractivity contribution is 7.99. The van der Waals surface area contributed by atoms with Crippen LogP contribution in [0.1, 0.15) is 11.1 Å². The van der Waals surface area contributed by atoms with Crippen LogP contribution in [0.25, 0.3) is 5.69 Å². The lowest BCUT2D eigenvalue weighted by molar-refractivity contribution is 0.302. The second kappa shape index (κ2) is 11.7. The topological polar surface area (TPSA) is 64.9 Å². The van der Waals surface area contributed by atoms with Gasteiger partial charge in [-0.1, -0.05) is 70.8 Å². The predicted octanol–water partition coefficient (Wildman–Crippen LogP) is 6.08. The van der Waals surface area contributed by atoms with Crippen LogP contribution in [0.5, 0.6) is 5.75 Å². The molecule has 1 N–H and O–H groups in total. The molecule has 0 aliphatic carbocycles. The zero-order valence-corrected chi connectivity index (χ0v) is 20.5. The maximum Gasteiger partial charge on any atom is 0.214 e. The fraction of sp³-hybridized carbons (Fsp3) is 0.174. The van der Waals surface area contributed by atoms with Crippen molar-refractivity contribution in [2.75, 3.05) is 12.3 Å². The molecule has 0 radical (unpaired) electrons. The average molecular weight is 521 g/mol. The van der Waals surface area contributed by atoms with E-state index in [1.54, 1.807) is 28.6 Å². The Kier molecular flexibility index (Phi) is 8.47. The molecule has 0 spiro atoms. The van der Waals surface area contributed by atoms with Gasteiger partial charge in [0.25, 0.3) is 0 Å². The molecule has 0 unspecified atom stereocenters. The van der Waals surface area contributed by atoms with Crippen LogP contribution in [0, 0.1) is 0 Å². The third kappa shape index (κ3) is 6.62. The van der Waals surface area contributed by atoms with Crippen molar-refractivity contribution in [3.05, 3.63) is 92.9 Å². The smallest absolute Gasteiger partial charge is 0.214 e. The summed E-state index contributed by atoms with van der Waals surface area (Å²) in [7, 11) is 0. The van der Waals surface area contributed by atoms with Crippen LogP contribution >= 0.6 is 46.6 Å². The highest BCUT2D eigenvalue weighted by atomic mass is 35.5. The fourth-order valence-electron chi connectivity index (χ4n) is 3.06. The fourth-order valence-corrected chi connectivity index (χ4v) is 4.36. The quantitative estimate of drug-likeness (QED) is 0.202. The van der Waals surface area contributed by atoms with Gasteiger partial charge in [0.2, 0.25) is 5.16 Å². The van der Waals surface area contributed by atoms with Crippen molar-refractivity contribution < 1.29 is 4.74 Å². The molecule has 0 bridgehead atoms. The first kappa shape index (κ1) is 23.9. The lowest BCUT2D eigenvalue weighted by Crippen LogP contribution is -2.17. The van der Waals surface area contributed by atoms with Crippen LogP contribution in [0.2, 0.25) is 15.1 Å². The maximum atomic E-state index is 6.21. The van der Waals surface area contributed by atoms with E-state index in [9.17, 15) is 0 Å². The predicted molar refractivity (Wildman–Crippen MR) is 134 cm³/mol. The van der Waals surface area contributed by atoms with Gasteiger partial charge in [0.1, 0.15) is 12.4 Å². The van der Waals surface area contributed by atoms with E-state index in [1.165, 1.54) is 0 Å². The Hall–Kier alpha value is -2.29. The van der Waals surface area contributed by atoms with Crippen LogP contribution in [-0.4, -0.2) is 32.5 Å². The molecule has 170 valence electrons. The van der Waals surface area contributed by atoms with E-state index >= 15 is 0 Å². The summed E-state index contributed by atoms with van der Waals surface area (Å²) in [4.78, 5) is 0. The zero-order valence-electron chi connectivity index (χ0n) is 17.4. The Morgan fingerprint density at radius 1 is 0.939 bits per heavy atom. The van der Waals surface area contributed by atoms with Crippen molar-refractivity contribution in [2.45, 2.75) is 18.3 Å². The standard InChI is InChI=1S/C23H20Cl3N5OS/c24-18-7-9-22(32-15-16-6-8-20(25)21(26)12-16)17(13-18)14-27-10-11-33-23-28-29-30-31(23)19-4-2-1-3-5-19/h1-9,12-13,27H,10-11,14-15H2. The summed E-state index contributed by atoms with van der Waals surface area (Å²) in [6.45, 7) is 1.75. The molecule has 3 aromatic carbocycles. The van der Waals surface area contributed by atoms with E-state index in [1.807, 2.05) is 54.6 Å². The molecule has 0 saturated carbocycles. The minimum Gasteiger partial charge on any atom is -0.489 e. The second-order valence-corrected chi connectivity index (χ2v) is 9.34. The Bertz CT molecular complexity index is 1210. The maximum absolute atomic E-state index is 6.21. The van der Waals surface area contributed by atoms with Crippen LogP contribution in [-0.2, 0) is 13.2 Å². The Morgan fingerprint density at radius 3 is 2.61 bits per heavy atom. The molecule has 0 atom stereocenters. The van der Waals surface area contributed by atoms with Crippen LogP contribution in [0.4, 0.5) is 0 Å². The van der Waals surface area contributed by atoms with Gasteiger partial charge >= 0.3 is 0 Å². The van der Waals surface area contributed by atoms with Gasteiger partial charge < -0.3 is 10.1 Å². The largest absolute Gasteiger partial charge is 0.489 e. The molecule has 6 nitrogen and oxygen atoms in total. The summed E-state index contributed by atoms with van der Waals surface area (Å²) in [5.41, 5.74) is 2.84. The number of nitrogens with one attached hydrogen (secondary N) is 1. The molecule has 0 aliphatic heterocycles. The van der Waals surface area contributed by atoms with Gasteiger partial charge in [-0.25, -0.2) is 0 Å². The van der Waals surface area contributed by atoms with Crippen molar-refractivity contribution in [1.82, 2.24) is 25.5 Å². The number of tetrazole rings is 1. The molecule has 1 heterocycles. The minimum atomic E-state index is 0.378. The van der Waals surface area contributed by atoms with E-state index in [2.05, 4.69) is 20.8 Å². The number of benzene rings is 3. The Labute approximate surface area is 211 Å². The molecule has 4 rings (SSSR count). The normalized spacial score (nSPS) is 11.0. The summed E-state index contributed by atoms with van der Waals surface area (Å²) in [6, 6.07) is 20.9. The molecule has 0 fully saturated rings. The van der Waals surface area contributed by atoms with Crippen molar-refractivity contribution >= 4 is 46.6 Å². The van der Waals surface area contributed by atoms with Gasteiger partial charge in [-0.3, -0.25) is 0 Å². The number of thioether (sulfide) groups is 1. The average Bonchev–Trinajstić information content (AvgIpc) is 3.29. The Balaban J connectivity index is 1.29. The van der Waals surface area contributed by atoms with Crippen molar-refractivity contribution in [3.63, 3.8) is 0 Å². The third-order valence-electron chi connectivity index (χ3n) is 4.67. The summed E-state index contributed by atoms with van der Waals surface area (Å²) in [6.07, 6.45) is 0. The number of halogens is 3. The van der Waals surface area contributed by atoms with Crippen molar-refractivity contribution in [3.8, 4) is 11.4 Å². The van der Waals surface area contributed by atoms with Gasteiger partial charge in [-0.2, -0.15) is 4.68 Å². The molecule has 33 heavy (non-hydrogen) atoms. The first-order valence-electron chi connectivity index (χ1n) is 10.1. The summed E-state index contributed by atoms with van der Waals surface area (Å²) < 4.78 is 7.75. The molecular weight excluding hydrogens is 501 g/mol.